The molecule has 1 aliphatic heterocycles. The molecule has 2 unspecified atom stereocenters. The van der Waals surface area contributed by atoms with E-state index in [1.807, 2.05) is 0 Å². The molecule has 0 aromatic heterocycles. The summed E-state index contributed by atoms with van der Waals surface area (Å²) in [5, 5.41) is 0. The topological polar surface area (TPSA) is 57.0 Å². The minimum absolute atomic E-state index is 0.386. The Balaban J connectivity index is 1.95. The molecule has 1 fully saturated rings. The molecule has 1 rings (SSSR count). The lowest BCUT2D eigenvalue weighted by Gasteiger charge is -2.36. The fraction of sp³-hybridized carbons (Fsp3) is 1.00. The van der Waals surface area contributed by atoms with Gasteiger partial charge in [0.25, 0.3) is 0 Å². The summed E-state index contributed by atoms with van der Waals surface area (Å²) in [5.74, 6) is 0.645. The van der Waals surface area contributed by atoms with E-state index in [1.54, 1.807) is 7.11 Å². The molecular formula is C14H30N2O3. The summed E-state index contributed by atoms with van der Waals surface area (Å²) in [5.41, 5.74) is 6.10. The van der Waals surface area contributed by atoms with E-state index in [1.165, 1.54) is 6.42 Å². The molecule has 0 radical (unpaired) electrons. The molecular weight excluding hydrogens is 244 g/mol. The third-order valence-corrected chi connectivity index (χ3v) is 3.76. The molecule has 2 atom stereocenters. The molecule has 1 heterocycles. The van der Waals surface area contributed by atoms with Gasteiger partial charge in [-0.15, -0.1) is 0 Å². The van der Waals surface area contributed by atoms with Gasteiger partial charge < -0.3 is 24.8 Å². The predicted octanol–water partition coefficient (Wildman–Crippen LogP) is 0.725. The lowest BCUT2D eigenvalue weighted by molar-refractivity contribution is 0.0158. The van der Waals surface area contributed by atoms with Crippen LogP contribution in [0, 0.1) is 5.92 Å². The van der Waals surface area contributed by atoms with Gasteiger partial charge in [0.05, 0.1) is 33.0 Å². The van der Waals surface area contributed by atoms with Crippen LogP contribution in [-0.4, -0.2) is 70.7 Å². The maximum absolute atomic E-state index is 6.10. The van der Waals surface area contributed by atoms with E-state index < -0.39 is 0 Å². The van der Waals surface area contributed by atoms with Crippen LogP contribution in [0.1, 0.15) is 19.8 Å². The van der Waals surface area contributed by atoms with E-state index in [4.69, 9.17) is 19.9 Å². The lowest BCUT2D eigenvalue weighted by Crippen LogP contribution is -2.47. The van der Waals surface area contributed by atoms with Gasteiger partial charge in [-0.25, -0.2) is 0 Å². The summed E-state index contributed by atoms with van der Waals surface area (Å²) in [6.07, 6.45) is 2.28. The molecule has 114 valence electrons. The zero-order valence-corrected chi connectivity index (χ0v) is 12.5. The van der Waals surface area contributed by atoms with Crippen LogP contribution in [0.15, 0.2) is 0 Å². The van der Waals surface area contributed by atoms with E-state index in [-0.39, 0.29) is 0 Å². The SMILES string of the molecule is CCC1CN(CCOCCOCCOC)CCC1N. The lowest BCUT2D eigenvalue weighted by atomic mass is 9.91. The first-order valence-electron chi connectivity index (χ1n) is 7.40. The van der Waals surface area contributed by atoms with Crippen molar-refractivity contribution in [3.8, 4) is 0 Å². The molecule has 0 spiro atoms. The van der Waals surface area contributed by atoms with Gasteiger partial charge in [-0.2, -0.15) is 0 Å². The van der Waals surface area contributed by atoms with Crippen LogP contribution in [0.3, 0.4) is 0 Å². The average molecular weight is 274 g/mol. The summed E-state index contributed by atoms with van der Waals surface area (Å²) < 4.78 is 15.8. The minimum Gasteiger partial charge on any atom is -0.382 e. The molecule has 2 N–H and O–H groups in total. The molecule has 0 aliphatic carbocycles. The highest BCUT2D eigenvalue weighted by Gasteiger charge is 2.24. The number of nitrogens with zero attached hydrogens (tertiary/aromatic N) is 1. The first-order valence-corrected chi connectivity index (χ1v) is 7.40. The second-order valence-electron chi connectivity index (χ2n) is 5.14. The summed E-state index contributed by atoms with van der Waals surface area (Å²) in [6, 6.07) is 0.386. The maximum atomic E-state index is 6.10. The van der Waals surface area contributed by atoms with E-state index in [0.717, 1.165) is 32.7 Å². The van der Waals surface area contributed by atoms with Crippen molar-refractivity contribution in [3.63, 3.8) is 0 Å². The van der Waals surface area contributed by atoms with E-state index in [9.17, 15) is 0 Å². The van der Waals surface area contributed by atoms with Gasteiger partial charge in [-0.05, 0) is 18.9 Å². The van der Waals surface area contributed by atoms with Crippen molar-refractivity contribution >= 4 is 0 Å². The quantitative estimate of drug-likeness (QED) is 0.595. The Morgan fingerprint density at radius 2 is 1.79 bits per heavy atom. The normalized spacial score (nSPS) is 24.8. The van der Waals surface area contributed by atoms with Crippen LogP contribution in [0.2, 0.25) is 0 Å². The Hall–Kier alpha value is -0.200. The van der Waals surface area contributed by atoms with Crippen LogP contribution >= 0.6 is 0 Å². The minimum atomic E-state index is 0.386. The fourth-order valence-electron chi connectivity index (χ4n) is 2.42. The average Bonchev–Trinajstić information content (AvgIpc) is 2.43. The molecule has 5 heteroatoms. The molecule has 0 bridgehead atoms. The largest absolute Gasteiger partial charge is 0.382 e. The molecule has 1 saturated heterocycles. The van der Waals surface area contributed by atoms with Crippen LogP contribution in [-0.2, 0) is 14.2 Å². The summed E-state index contributed by atoms with van der Waals surface area (Å²) in [7, 11) is 1.67. The van der Waals surface area contributed by atoms with Crippen LogP contribution < -0.4 is 5.73 Å². The van der Waals surface area contributed by atoms with Gasteiger partial charge in [0.2, 0.25) is 0 Å². The molecule has 5 nitrogen and oxygen atoms in total. The van der Waals surface area contributed by atoms with Crippen LogP contribution in [0.25, 0.3) is 0 Å². The number of rotatable bonds is 10. The zero-order chi connectivity index (χ0) is 13.9. The van der Waals surface area contributed by atoms with E-state index in [0.29, 0.717) is 38.4 Å². The zero-order valence-electron chi connectivity index (χ0n) is 12.5. The standard InChI is InChI=1S/C14H30N2O3/c1-3-13-12-16(5-4-14(13)15)6-7-18-10-11-19-9-8-17-2/h13-14H,3-12,15H2,1-2H3. The monoisotopic (exact) mass is 274 g/mol. The highest BCUT2D eigenvalue weighted by molar-refractivity contribution is 4.81. The van der Waals surface area contributed by atoms with Gasteiger partial charge in [0.1, 0.15) is 0 Å². The second-order valence-corrected chi connectivity index (χ2v) is 5.14. The van der Waals surface area contributed by atoms with E-state index in [2.05, 4.69) is 11.8 Å². The van der Waals surface area contributed by atoms with Crippen molar-refractivity contribution in [3.05, 3.63) is 0 Å². The van der Waals surface area contributed by atoms with Crippen molar-refractivity contribution < 1.29 is 14.2 Å². The molecule has 1 aliphatic rings. The van der Waals surface area contributed by atoms with Crippen molar-refractivity contribution in [2.45, 2.75) is 25.8 Å². The Kier molecular flexibility index (Phi) is 9.38. The van der Waals surface area contributed by atoms with Crippen LogP contribution in [0.5, 0.6) is 0 Å². The smallest absolute Gasteiger partial charge is 0.0701 e. The molecule has 0 aromatic rings. The van der Waals surface area contributed by atoms with Gasteiger partial charge in [-0.3, -0.25) is 0 Å². The van der Waals surface area contributed by atoms with Crippen LogP contribution in [0.4, 0.5) is 0 Å². The number of methoxy groups -OCH3 is 1. The number of hydrogen-bond donors (Lipinski definition) is 1. The summed E-state index contributed by atoms with van der Waals surface area (Å²) in [4.78, 5) is 2.46. The number of piperidine rings is 1. The fourth-order valence-corrected chi connectivity index (χ4v) is 2.42. The van der Waals surface area contributed by atoms with Crippen molar-refractivity contribution in [1.29, 1.82) is 0 Å². The number of ether oxygens (including phenoxy) is 3. The van der Waals surface area contributed by atoms with Gasteiger partial charge in [-0.1, -0.05) is 13.3 Å². The van der Waals surface area contributed by atoms with Crippen molar-refractivity contribution in [2.75, 3.05) is 59.8 Å². The Bertz CT molecular complexity index is 217. The molecule has 0 amide bonds. The second kappa shape index (κ2) is 10.6. The molecule has 0 saturated carbocycles. The highest BCUT2D eigenvalue weighted by Crippen LogP contribution is 2.17. The summed E-state index contributed by atoms with van der Waals surface area (Å²) >= 11 is 0. The number of nitrogens with two attached hydrogens (primary N) is 1. The Morgan fingerprint density at radius 3 is 2.47 bits per heavy atom. The number of likely N-dealkylation sites (tertiary alicyclic amines) is 1. The third kappa shape index (κ3) is 7.22. The first-order chi connectivity index (χ1) is 9.27. The van der Waals surface area contributed by atoms with Gasteiger partial charge >= 0.3 is 0 Å². The Labute approximate surface area is 117 Å². The predicted molar refractivity (Wildman–Crippen MR) is 76.3 cm³/mol. The van der Waals surface area contributed by atoms with E-state index >= 15 is 0 Å². The third-order valence-electron chi connectivity index (χ3n) is 3.76. The summed E-state index contributed by atoms with van der Waals surface area (Å²) in [6.45, 7) is 8.81. The molecule has 0 aromatic carbocycles. The Morgan fingerprint density at radius 1 is 1.11 bits per heavy atom. The van der Waals surface area contributed by atoms with Crippen molar-refractivity contribution in [1.82, 2.24) is 4.90 Å². The van der Waals surface area contributed by atoms with Gasteiger partial charge in [0, 0.05) is 26.2 Å². The van der Waals surface area contributed by atoms with Crippen molar-refractivity contribution in [2.24, 2.45) is 11.7 Å². The number of hydrogen-bond acceptors (Lipinski definition) is 5. The first kappa shape index (κ1) is 16.9. The maximum Gasteiger partial charge on any atom is 0.0701 e. The van der Waals surface area contributed by atoms with Gasteiger partial charge in [0.15, 0.2) is 0 Å². The highest BCUT2D eigenvalue weighted by atomic mass is 16.5. The molecule has 19 heavy (non-hydrogen) atoms.